The molecular formula is C25H24N2O7. The lowest BCUT2D eigenvalue weighted by Crippen LogP contribution is -2.37. The summed E-state index contributed by atoms with van der Waals surface area (Å²) in [6.45, 7) is 0.00832. The van der Waals surface area contributed by atoms with Crippen LogP contribution in [0.4, 0.5) is 4.79 Å². The molecule has 1 unspecified atom stereocenters. The second-order valence-electron chi connectivity index (χ2n) is 7.72. The zero-order valence-corrected chi connectivity index (χ0v) is 18.4. The van der Waals surface area contributed by atoms with E-state index in [0.717, 1.165) is 22.3 Å². The quantitative estimate of drug-likeness (QED) is 0.444. The smallest absolute Gasteiger partial charge is 0.407 e. The first-order valence-electron chi connectivity index (χ1n) is 10.7. The predicted molar refractivity (Wildman–Crippen MR) is 121 cm³/mol. The van der Waals surface area contributed by atoms with E-state index in [4.69, 9.17) is 19.0 Å². The first-order chi connectivity index (χ1) is 16.5. The Bertz CT molecular complexity index is 1160. The van der Waals surface area contributed by atoms with Gasteiger partial charge in [0.15, 0.2) is 11.9 Å². The van der Waals surface area contributed by atoms with Gasteiger partial charge in [-0.1, -0.05) is 48.5 Å². The molecule has 1 atom stereocenters. The molecule has 9 heteroatoms. The maximum absolute atomic E-state index is 12.3. The summed E-state index contributed by atoms with van der Waals surface area (Å²) < 4.78 is 15.7. The van der Waals surface area contributed by atoms with Gasteiger partial charge in [-0.25, -0.2) is 9.59 Å². The zero-order valence-electron chi connectivity index (χ0n) is 18.4. The largest absolute Gasteiger partial charge is 0.479 e. The topological polar surface area (TPSA) is 127 Å². The SMILES string of the molecule is COC(CNC(=O)c1ccc(CNC(=O)OCC2c3ccccc3-c3ccccc32)o1)C(=O)O. The minimum absolute atomic E-state index is 0.00965. The molecule has 0 aliphatic heterocycles. The highest BCUT2D eigenvalue weighted by atomic mass is 16.5. The molecule has 1 heterocycles. The van der Waals surface area contributed by atoms with Crippen LogP contribution in [0.3, 0.4) is 0 Å². The number of rotatable bonds is 9. The second kappa shape index (κ2) is 10.2. The lowest BCUT2D eigenvalue weighted by molar-refractivity contribution is -0.148. The molecule has 1 aliphatic rings. The van der Waals surface area contributed by atoms with Crippen molar-refractivity contribution in [2.24, 2.45) is 0 Å². The Balaban J connectivity index is 1.28. The van der Waals surface area contributed by atoms with Crippen molar-refractivity contribution in [3.63, 3.8) is 0 Å². The lowest BCUT2D eigenvalue weighted by Gasteiger charge is -2.14. The summed E-state index contributed by atoms with van der Waals surface area (Å²) in [4.78, 5) is 35.4. The molecule has 3 N–H and O–H groups in total. The molecule has 176 valence electrons. The number of hydrogen-bond acceptors (Lipinski definition) is 6. The van der Waals surface area contributed by atoms with Crippen LogP contribution in [0.5, 0.6) is 0 Å². The predicted octanol–water partition coefficient (Wildman–Crippen LogP) is 3.15. The molecule has 0 bridgehead atoms. The fraction of sp³-hybridized carbons (Fsp3) is 0.240. The fourth-order valence-electron chi connectivity index (χ4n) is 3.95. The van der Waals surface area contributed by atoms with Crippen molar-refractivity contribution in [2.75, 3.05) is 20.3 Å². The first kappa shape index (κ1) is 23.1. The maximum atomic E-state index is 12.3. The Labute approximate surface area is 195 Å². The number of fused-ring (bicyclic) bond motifs is 3. The van der Waals surface area contributed by atoms with Crippen molar-refractivity contribution in [3.8, 4) is 11.1 Å². The number of aliphatic carboxylic acids is 1. The molecule has 2 amide bonds. The van der Waals surface area contributed by atoms with Crippen LogP contribution in [0.25, 0.3) is 11.1 Å². The van der Waals surface area contributed by atoms with E-state index in [0.29, 0.717) is 5.76 Å². The number of carbonyl (C=O) groups excluding carboxylic acids is 2. The third-order valence-corrected chi connectivity index (χ3v) is 5.64. The van der Waals surface area contributed by atoms with E-state index >= 15 is 0 Å². The number of benzene rings is 2. The number of carbonyl (C=O) groups is 3. The minimum Gasteiger partial charge on any atom is -0.479 e. The molecule has 0 saturated carbocycles. The van der Waals surface area contributed by atoms with Crippen molar-refractivity contribution in [2.45, 2.75) is 18.6 Å². The Morgan fingerprint density at radius 3 is 2.24 bits per heavy atom. The molecule has 0 saturated heterocycles. The third-order valence-electron chi connectivity index (χ3n) is 5.64. The number of nitrogens with one attached hydrogen (secondary N) is 2. The highest BCUT2D eigenvalue weighted by molar-refractivity contribution is 5.91. The number of ether oxygens (including phenoxy) is 2. The van der Waals surface area contributed by atoms with Gasteiger partial charge in [0.1, 0.15) is 12.4 Å². The van der Waals surface area contributed by atoms with Gasteiger partial charge < -0.3 is 29.6 Å². The Kier molecular flexibility index (Phi) is 6.93. The van der Waals surface area contributed by atoms with E-state index in [1.807, 2.05) is 36.4 Å². The molecule has 4 rings (SSSR count). The summed E-state index contributed by atoms with van der Waals surface area (Å²) >= 11 is 0. The number of hydrogen-bond donors (Lipinski definition) is 3. The van der Waals surface area contributed by atoms with Crippen molar-refractivity contribution in [1.29, 1.82) is 0 Å². The van der Waals surface area contributed by atoms with Crippen LogP contribution in [-0.2, 0) is 20.8 Å². The number of carboxylic acids is 1. The summed E-state index contributed by atoms with van der Waals surface area (Å²) in [6.07, 6.45) is -1.76. The minimum atomic E-state index is -1.18. The summed E-state index contributed by atoms with van der Waals surface area (Å²) in [5.41, 5.74) is 4.54. The van der Waals surface area contributed by atoms with E-state index in [9.17, 15) is 14.4 Å². The van der Waals surface area contributed by atoms with Gasteiger partial charge in [-0.2, -0.15) is 0 Å². The summed E-state index contributed by atoms with van der Waals surface area (Å²) in [7, 11) is 1.24. The van der Waals surface area contributed by atoms with Gasteiger partial charge in [0, 0.05) is 13.0 Å². The lowest BCUT2D eigenvalue weighted by atomic mass is 9.98. The second-order valence-corrected chi connectivity index (χ2v) is 7.72. The number of carboxylic acid groups (broad SMARTS) is 1. The zero-order chi connectivity index (χ0) is 24.1. The summed E-state index contributed by atoms with van der Waals surface area (Å²) in [5, 5.41) is 14.0. The van der Waals surface area contributed by atoms with Gasteiger partial charge in [0.25, 0.3) is 5.91 Å². The molecule has 1 aliphatic carbocycles. The van der Waals surface area contributed by atoms with Crippen LogP contribution >= 0.6 is 0 Å². The van der Waals surface area contributed by atoms with Gasteiger partial charge in [0.05, 0.1) is 13.1 Å². The highest BCUT2D eigenvalue weighted by Gasteiger charge is 2.29. The van der Waals surface area contributed by atoms with Crippen LogP contribution in [0.1, 0.15) is 33.4 Å². The normalized spacial score (nSPS) is 13.0. The molecule has 0 radical (unpaired) electrons. The standard InChI is InChI=1S/C25H24N2O7/c1-32-22(24(29)30)13-26-23(28)21-11-10-15(34-21)12-27-25(31)33-14-20-18-8-4-2-6-16(18)17-7-3-5-9-19(17)20/h2-11,20,22H,12-14H2,1H3,(H,26,28)(H,27,31)(H,29,30). The molecule has 0 spiro atoms. The number of amides is 2. The van der Waals surface area contributed by atoms with Crippen molar-refractivity contribution in [1.82, 2.24) is 10.6 Å². The van der Waals surface area contributed by atoms with Crippen LogP contribution in [0.2, 0.25) is 0 Å². The van der Waals surface area contributed by atoms with Gasteiger partial charge >= 0.3 is 12.1 Å². The monoisotopic (exact) mass is 464 g/mol. The fourth-order valence-corrected chi connectivity index (χ4v) is 3.95. The molecule has 9 nitrogen and oxygen atoms in total. The van der Waals surface area contributed by atoms with Crippen molar-refractivity contribution < 1.29 is 33.4 Å². The molecule has 0 fully saturated rings. The highest BCUT2D eigenvalue weighted by Crippen LogP contribution is 2.44. The Morgan fingerprint density at radius 1 is 0.971 bits per heavy atom. The van der Waals surface area contributed by atoms with Gasteiger partial charge in [-0.3, -0.25) is 4.79 Å². The molecule has 3 aromatic rings. The van der Waals surface area contributed by atoms with E-state index < -0.39 is 24.1 Å². The molecule has 1 aromatic heterocycles. The van der Waals surface area contributed by atoms with Crippen molar-refractivity contribution >= 4 is 18.0 Å². The van der Waals surface area contributed by atoms with E-state index in [1.165, 1.54) is 13.2 Å². The van der Waals surface area contributed by atoms with Crippen LogP contribution in [0.15, 0.2) is 65.1 Å². The van der Waals surface area contributed by atoms with Crippen LogP contribution < -0.4 is 10.6 Å². The molecule has 2 aromatic carbocycles. The van der Waals surface area contributed by atoms with Gasteiger partial charge in [0.2, 0.25) is 0 Å². The summed E-state index contributed by atoms with van der Waals surface area (Å²) in [6, 6.07) is 19.1. The average Bonchev–Trinajstić information content (AvgIpc) is 3.44. The number of alkyl carbamates (subject to hydrolysis) is 1. The van der Waals surface area contributed by atoms with Crippen LogP contribution in [0, 0.1) is 0 Å². The summed E-state index contributed by atoms with van der Waals surface area (Å²) in [5.74, 6) is -1.48. The van der Waals surface area contributed by atoms with Crippen molar-refractivity contribution in [3.05, 3.63) is 83.3 Å². The molecule has 34 heavy (non-hydrogen) atoms. The van der Waals surface area contributed by atoms with Gasteiger partial charge in [-0.05, 0) is 34.4 Å². The molecular weight excluding hydrogens is 440 g/mol. The van der Waals surface area contributed by atoms with E-state index in [1.54, 1.807) is 6.07 Å². The Hall–Kier alpha value is -4.11. The third kappa shape index (κ3) is 4.94. The average molecular weight is 464 g/mol. The maximum Gasteiger partial charge on any atom is 0.407 e. The van der Waals surface area contributed by atoms with Crippen LogP contribution in [-0.4, -0.2) is 49.4 Å². The van der Waals surface area contributed by atoms with E-state index in [-0.39, 0.29) is 31.4 Å². The first-order valence-corrected chi connectivity index (χ1v) is 10.7. The number of furan rings is 1. The number of methoxy groups -OCH3 is 1. The Morgan fingerprint density at radius 2 is 1.62 bits per heavy atom. The van der Waals surface area contributed by atoms with Gasteiger partial charge in [-0.15, -0.1) is 0 Å². The van der Waals surface area contributed by atoms with E-state index in [2.05, 4.69) is 22.8 Å².